The SMILES string of the molecule is Cc1cc(Cl)c(NC(=O)NC2(C)CCOC2)c2cccnc12. The molecule has 2 aromatic rings. The molecule has 1 saturated heterocycles. The van der Waals surface area contributed by atoms with Crippen LogP contribution in [-0.4, -0.2) is 29.8 Å². The molecular weight excluding hydrogens is 302 g/mol. The summed E-state index contributed by atoms with van der Waals surface area (Å²) in [5.41, 5.74) is 2.05. The van der Waals surface area contributed by atoms with E-state index in [0.29, 0.717) is 23.9 Å². The highest BCUT2D eigenvalue weighted by atomic mass is 35.5. The quantitative estimate of drug-likeness (QED) is 0.890. The lowest BCUT2D eigenvalue weighted by molar-refractivity contribution is 0.172. The Morgan fingerprint density at radius 3 is 3.05 bits per heavy atom. The first kappa shape index (κ1) is 15.1. The molecule has 0 bridgehead atoms. The number of nitrogens with one attached hydrogen (secondary N) is 2. The summed E-state index contributed by atoms with van der Waals surface area (Å²) in [4.78, 5) is 16.7. The fourth-order valence-electron chi connectivity index (χ4n) is 2.69. The topological polar surface area (TPSA) is 63.2 Å². The molecule has 22 heavy (non-hydrogen) atoms. The van der Waals surface area contributed by atoms with Crippen LogP contribution in [0.4, 0.5) is 10.5 Å². The molecule has 1 aromatic carbocycles. The number of halogens is 1. The summed E-state index contributed by atoms with van der Waals surface area (Å²) in [5, 5.41) is 7.14. The van der Waals surface area contributed by atoms with E-state index in [9.17, 15) is 4.79 Å². The molecule has 2 heterocycles. The van der Waals surface area contributed by atoms with E-state index in [1.54, 1.807) is 6.20 Å². The van der Waals surface area contributed by atoms with Gasteiger partial charge in [-0.05, 0) is 44.0 Å². The number of ether oxygens (including phenoxy) is 1. The van der Waals surface area contributed by atoms with Crippen LogP contribution < -0.4 is 10.6 Å². The second kappa shape index (κ2) is 5.74. The van der Waals surface area contributed by atoms with Crippen LogP contribution in [0.3, 0.4) is 0 Å². The number of anilines is 1. The molecule has 6 heteroatoms. The molecule has 1 aromatic heterocycles. The molecule has 1 aliphatic rings. The third kappa shape index (κ3) is 2.87. The van der Waals surface area contributed by atoms with Crippen LogP contribution in [0.5, 0.6) is 0 Å². The Bertz CT molecular complexity index is 727. The van der Waals surface area contributed by atoms with Crippen LogP contribution in [0.1, 0.15) is 18.9 Å². The van der Waals surface area contributed by atoms with E-state index in [4.69, 9.17) is 16.3 Å². The molecule has 0 aliphatic carbocycles. The third-order valence-electron chi connectivity index (χ3n) is 3.91. The van der Waals surface area contributed by atoms with Crippen molar-refractivity contribution in [3.05, 3.63) is 35.0 Å². The van der Waals surface area contributed by atoms with Gasteiger partial charge in [0, 0.05) is 18.2 Å². The number of pyridine rings is 1. The summed E-state index contributed by atoms with van der Waals surface area (Å²) < 4.78 is 5.34. The molecule has 2 amide bonds. The van der Waals surface area contributed by atoms with Crippen molar-refractivity contribution in [1.29, 1.82) is 0 Å². The fraction of sp³-hybridized carbons (Fsp3) is 0.375. The predicted octanol–water partition coefficient (Wildman–Crippen LogP) is 3.50. The number of carbonyl (C=O) groups excluding carboxylic acids is 1. The minimum absolute atomic E-state index is 0.288. The molecule has 116 valence electrons. The number of hydrogen-bond donors (Lipinski definition) is 2. The first-order valence-electron chi connectivity index (χ1n) is 7.19. The molecule has 0 saturated carbocycles. The van der Waals surface area contributed by atoms with Crippen molar-refractivity contribution >= 4 is 34.2 Å². The van der Waals surface area contributed by atoms with Gasteiger partial charge in [0.2, 0.25) is 0 Å². The van der Waals surface area contributed by atoms with Gasteiger partial charge in [0.25, 0.3) is 0 Å². The number of amides is 2. The zero-order valence-electron chi connectivity index (χ0n) is 12.6. The van der Waals surface area contributed by atoms with Gasteiger partial charge in [-0.3, -0.25) is 4.98 Å². The van der Waals surface area contributed by atoms with Crippen molar-refractivity contribution in [1.82, 2.24) is 10.3 Å². The molecule has 1 aliphatic heterocycles. The number of hydrogen-bond acceptors (Lipinski definition) is 3. The number of urea groups is 1. The minimum atomic E-state index is -0.338. The van der Waals surface area contributed by atoms with Crippen LogP contribution in [0.25, 0.3) is 10.9 Å². The normalized spacial score (nSPS) is 21.0. The van der Waals surface area contributed by atoms with Gasteiger partial charge in [0.15, 0.2) is 0 Å². The maximum Gasteiger partial charge on any atom is 0.319 e. The van der Waals surface area contributed by atoms with Crippen molar-refractivity contribution in [2.45, 2.75) is 25.8 Å². The van der Waals surface area contributed by atoms with Gasteiger partial charge in [-0.25, -0.2) is 4.79 Å². The Morgan fingerprint density at radius 1 is 1.50 bits per heavy atom. The number of fused-ring (bicyclic) bond motifs is 1. The zero-order valence-corrected chi connectivity index (χ0v) is 13.3. The van der Waals surface area contributed by atoms with E-state index in [-0.39, 0.29) is 11.6 Å². The van der Waals surface area contributed by atoms with E-state index in [1.165, 1.54) is 0 Å². The standard InChI is InChI=1S/C16H18ClN3O2/c1-10-8-12(17)14(11-4-3-6-18-13(10)11)19-15(21)20-16(2)5-7-22-9-16/h3-4,6,8H,5,7,9H2,1-2H3,(H2,19,20,21). The Morgan fingerprint density at radius 2 is 2.32 bits per heavy atom. The Balaban J connectivity index is 1.89. The molecule has 1 fully saturated rings. The molecule has 2 N–H and O–H groups in total. The van der Waals surface area contributed by atoms with Crippen molar-refractivity contribution in [3.63, 3.8) is 0 Å². The number of rotatable bonds is 2. The van der Waals surface area contributed by atoms with Gasteiger partial charge in [0.05, 0.1) is 28.4 Å². The van der Waals surface area contributed by atoms with E-state index in [0.717, 1.165) is 22.9 Å². The lowest BCUT2D eigenvalue weighted by atomic mass is 10.0. The maximum atomic E-state index is 12.3. The second-order valence-electron chi connectivity index (χ2n) is 5.89. The lowest BCUT2D eigenvalue weighted by Gasteiger charge is -2.24. The van der Waals surface area contributed by atoms with Gasteiger partial charge >= 0.3 is 6.03 Å². The molecule has 1 unspecified atom stereocenters. The van der Waals surface area contributed by atoms with Crippen molar-refractivity contribution in [3.8, 4) is 0 Å². The summed E-state index contributed by atoms with van der Waals surface area (Å²) in [6, 6.07) is 5.25. The first-order valence-corrected chi connectivity index (χ1v) is 7.57. The van der Waals surface area contributed by atoms with E-state index >= 15 is 0 Å². The zero-order chi connectivity index (χ0) is 15.7. The Hall–Kier alpha value is -1.85. The number of carbonyl (C=O) groups is 1. The monoisotopic (exact) mass is 319 g/mol. The van der Waals surface area contributed by atoms with E-state index < -0.39 is 0 Å². The molecule has 3 rings (SSSR count). The van der Waals surface area contributed by atoms with Gasteiger partial charge in [-0.15, -0.1) is 0 Å². The van der Waals surface area contributed by atoms with E-state index in [2.05, 4.69) is 15.6 Å². The van der Waals surface area contributed by atoms with Gasteiger partial charge in [0.1, 0.15) is 0 Å². The second-order valence-corrected chi connectivity index (χ2v) is 6.30. The number of nitrogens with zero attached hydrogens (tertiary/aromatic N) is 1. The number of aromatic nitrogens is 1. The Kier molecular flexibility index (Phi) is 3.93. The molecule has 0 radical (unpaired) electrons. The predicted molar refractivity (Wildman–Crippen MR) is 87.5 cm³/mol. The lowest BCUT2D eigenvalue weighted by Crippen LogP contribution is -2.48. The van der Waals surface area contributed by atoms with Gasteiger partial charge in [-0.2, -0.15) is 0 Å². The molecule has 5 nitrogen and oxygen atoms in total. The van der Waals surface area contributed by atoms with Gasteiger partial charge in [-0.1, -0.05) is 11.6 Å². The molecular formula is C16H18ClN3O2. The third-order valence-corrected chi connectivity index (χ3v) is 4.20. The summed E-state index contributed by atoms with van der Waals surface area (Å²) in [6.07, 6.45) is 2.52. The summed E-state index contributed by atoms with van der Waals surface area (Å²) in [6.45, 7) is 5.09. The van der Waals surface area contributed by atoms with Crippen LogP contribution in [0.2, 0.25) is 5.02 Å². The largest absolute Gasteiger partial charge is 0.379 e. The average molecular weight is 320 g/mol. The molecule has 1 atom stereocenters. The average Bonchev–Trinajstić information content (AvgIpc) is 2.89. The highest BCUT2D eigenvalue weighted by Crippen LogP contribution is 2.32. The number of benzene rings is 1. The van der Waals surface area contributed by atoms with Crippen molar-refractivity contribution < 1.29 is 9.53 Å². The van der Waals surface area contributed by atoms with Crippen LogP contribution in [-0.2, 0) is 4.74 Å². The highest BCUT2D eigenvalue weighted by Gasteiger charge is 2.31. The number of aryl methyl sites for hydroxylation is 1. The van der Waals surface area contributed by atoms with Crippen molar-refractivity contribution in [2.24, 2.45) is 0 Å². The Labute approximate surface area is 134 Å². The smallest absolute Gasteiger partial charge is 0.319 e. The van der Waals surface area contributed by atoms with E-state index in [1.807, 2.05) is 32.0 Å². The van der Waals surface area contributed by atoms with Crippen LogP contribution >= 0.6 is 11.6 Å². The summed E-state index contributed by atoms with van der Waals surface area (Å²) in [7, 11) is 0. The fourth-order valence-corrected chi connectivity index (χ4v) is 3.00. The van der Waals surface area contributed by atoms with Crippen LogP contribution in [0.15, 0.2) is 24.4 Å². The molecule has 0 spiro atoms. The van der Waals surface area contributed by atoms with Crippen LogP contribution in [0, 0.1) is 6.92 Å². The summed E-state index contributed by atoms with van der Waals surface area (Å²) >= 11 is 6.31. The van der Waals surface area contributed by atoms with Crippen molar-refractivity contribution in [2.75, 3.05) is 18.5 Å². The van der Waals surface area contributed by atoms with Gasteiger partial charge < -0.3 is 15.4 Å². The first-order chi connectivity index (χ1) is 10.5. The minimum Gasteiger partial charge on any atom is -0.379 e. The summed E-state index contributed by atoms with van der Waals surface area (Å²) in [5.74, 6) is 0. The highest BCUT2D eigenvalue weighted by molar-refractivity contribution is 6.35. The maximum absolute atomic E-state index is 12.3.